The van der Waals surface area contributed by atoms with Crippen molar-refractivity contribution in [3.8, 4) is 0 Å². The molecule has 1 unspecified atom stereocenters. The fourth-order valence-corrected chi connectivity index (χ4v) is 2.49. The molecular formula is C18H19NO4. The normalized spacial score (nSPS) is 20.8. The summed E-state index contributed by atoms with van der Waals surface area (Å²) in [6.07, 6.45) is 0.374. The zero-order chi connectivity index (χ0) is 16.4. The van der Waals surface area contributed by atoms with Crippen molar-refractivity contribution < 1.29 is 19.1 Å². The Morgan fingerprint density at radius 3 is 2.61 bits per heavy atom. The zero-order valence-corrected chi connectivity index (χ0v) is 13.2. The third kappa shape index (κ3) is 3.35. The van der Waals surface area contributed by atoms with Gasteiger partial charge in [-0.15, -0.1) is 0 Å². The van der Waals surface area contributed by atoms with Crippen LogP contribution in [-0.2, 0) is 25.5 Å². The van der Waals surface area contributed by atoms with Crippen LogP contribution < -0.4 is 5.32 Å². The summed E-state index contributed by atoms with van der Waals surface area (Å²) in [4.78, 5) is 24.1. The minimum atomic E-state index is -0.810. The maximum absolute atomic E-state index is 12.1. The summed E-state index contributed by atoms with van der Waals surface area (Å²) < 4.78 is 9.93. The Bertz CT molecular complexity index is 752. The Labute approximate surface area is 134 Å². The quantitative estimate of drug-likeness (QED) is 0.675. The van der Waals surface area contributed by atoms with Crippen LogP contribution in [0.2, 0.25) is 0 Å². The van der Waals surface area contributed by atoms with Gasteiger partial charge in [0.15, 0.2) is 5.60 Å². The number of epoxide rings is 1. The number of rotatable bonds is 5. The molecule has 1 amide bonds. The van der Waals surface area contributed by atoms with E-state index in [4.69, 9.17) is 9.47 Å². The third-order valence-corrected chi connectivity index (χ3v) is 4.10. The van der Waals surface area contributed by atoms with E-state index in [1.54, 1.807) is 6.92 Å². The van der Waals surface area contributed by atoms with Gasteiger partial charge in [0.2, 0.25) is 0 Å². The molecule has 1 heterocycles. The van der Waals surface area contributed by atoms with E-state index in [0.717, 1.165) is 16.3 Å². The molecule has 0 radical (unpaired) electrons. The fraction of sp³-hybridized carbons (Fsp3) is 0.333. The van der Waals surface area contributed by atoms with Crippen LogP contribution in [0.4, 0.5) is 0 Å². The molecule has 1 aliphatic rings. The summed E-state index contributed by atoms with van der Waals surface area (Å²) in [6, 6.07) is 13.3. The second-order valence-electron chi connectivity index (χ2n) is 5.95. The maximum atomic E-state index is 12.1. The molecule has 0 spiro atoms. The number of methoxy groups -OCH3 is 1. The summed E-state index contributed by atoms with van der Waals surface area (Å²) in [7, 11) is 1.32. The van der Waals surface area contributed by atoms with Gasteiger partial charge in [0.1, 0.15) is 6.04 Å². The van der Waals surface area contributed by atoms with Crippen LogP contribution in [0.15, 0.2) is 42.5 Å². The molecule has 1 aliphatic heterocycles. The van der Waals surface area contributed by atoms with Crippen molar-refractivity contribution in [3.05, 3.63) is 48.0 Å². The van der Waals surface area contributed by atoms with Crippen molar-refractivity contribution in [1.82, 2.24) is 5.32 Å². The highest BCUT2D eigenvalue weighted by atomic mass is 16.6. The standard InChI is InChI=1S/C18H19NO4/c1-18(11-23-18)17(21)19-15(16(20)22-2)10-12-7-8-13-5-3-4-6-14(13)9-12/h3-9,15H,10-11H2,1-2H3,(H,19,21)/t15-,18?/m0/s1. The molecule has 1 N–H and O–H groups in total. The summed E-state index contributed by atoms with van der Waals surface area (Å²) in [5.74, 6) is -0.746. The van der Waals surface area contributed by atoms with Crippen LogP contribution in [0.25, 0.3) is 10.8 Å². The lowest BCUT2D eigenvalue weighted by molar-refractivity contribution is -0.145. The summed E-state index contributed by atoms with van der Waals surface area (Å²) in [5, 5.41) is 4.96. The first kappa shape index (κ1) is 15.5. The molecule has 0 aliphatic carbocycles. The van der Waals surface area contributed by atoms with Crippen LogP contribution in [-0.4, -0.2) is 37.2 Å². The highest BCUT2D eigenvalue weighted by Crippen LogP contribution is 2.26. The van der Waals surface area contributed by atoms with Crippen molar-refractivity contribution in [3.63, 3.8) is 0 Å². The number of fused-ring (bicyclic) bond motifs is 1. The number of carbonyl (C=O) groups is 2. The Morgan fingerprint density at radius 2 is 1.96 bits per heavy atom. The van der Waals surface area contributed by atoms with E-state index in [9.17, 15) is 9.59 Å². The minimum Gasteiger partial charge on any atom is -0.467 e. The highest BCUT2D eigenvalue weighted by Gasteiger charge is 2.48. The van der Waals surface area contributed by atoms with Gasteiger partial charge < -0.3 is 14.8 Å². The van der Waals surface area contributed by atoms with Crippen LogP contribution >= 0.6 is 0 Å². The monoisotopic (exact) mass is 313 g/mol. The number of esters is 1. The number of carbonyl (C=O) groups excluding carboxylic acids is 2. The minimum absolute atomic E-state index is 0.284. The number of hydrogen-bond donors (Lipinski definition) is 1. The largest absolute Gasteiger partial charge is 0.467 e. The summed E-state index contributed by atoms with van der Waals surface area (Å²) in [6.45, 7) is 2.08. The molecule has 0 bridgehead atoms. The number of hydrogen-bond acceptors (Lipinski definition) is 4. The van der Waals surface area contributed by atoms with E-state index < -0.39 is 17.6 Å². The molecular weight excluding hydrogens is 294 g/mol. The molecule has 5 heteroatoms. The summed E-state index contributed by atoms with van der Waals surface area (Å²) in [5.41, 5.74) is 0.150. The Hall–Kier alpha value is -2.40. The lowest BCUT2D eigenvalue weighted by Crippen LogP contribution is -2.47. The first-order valence-electron chi connectivity index (χ1n) is 7.52. The Morgan fingerprint density at radius 1 is 1.26 bits per heavy atom. The predicted octanol–water partition coefficient (Wildman–Crippen LogP) is 1.83. The molecule has 23 heavy (non-hydrogen) atoms. The average Bonchev–Trinajstić information content (AvgIpc) is 3.32. The topological polar surface area (TPSA) is 67.9 Å². The van der Waals surface area contributed by atoms with Crippen molar-refractivity contribution in [2.45, 2.75) is 25.0 Å². The molecule has 3 rings (SSSR count). The van der Waals surface area contributed by atoms with Crippen LogP contribution in [0, 0.1) is 0 Å². The van der Waals surface area contributed by atoms with Crippen LogP contribution in [0.1, 0.15) is 12.5 Å². The van der Waals surface area contributed by atoms with Crippen molar-refractivity contribution in [1.29, 1.82) is 0 Å². The van der Waals surface area contributed by atoms with Gasteiger partial charge in [-0.25, -0.2) is 4.79 Å². The predicted molar refractivity (Wildman–Crippen MR) is 86.0 cm³/mol. The van der Waals surface area contributed by atoms with E-state index in [1.807, 2.05) is 42.5 Å². The SMILES string of the molecule is COC(=O)[C@H](Cc1ccc2ccccc2c1)NC(=O)C1(C)CO1. The first-order chi connectivity index (χ1) is 11.0. The molecule has 0 aromatic heterocycles. The van der Waals surface area contributed by atoms with E-state index in [0.29, 0.717) is 13.0 Å². The fourth-order valence-electron chi connectivity index (χ4n) is 2.49. The van der Waals surface area contributed by atoms with Crippen molar-refractivity contribution >= 4 is 22.6 Å². The van der Waals surface area contributed by atoms with Gasteiger partial charge in [-0.1, -0.05) is 42.5 Å². The highest BCUT2D eigenvalue weighted by molar-refractivity contribution is 5.91. The zero-order valence-electron chi connectivity index (χ0n) is 13.2. The molecule has 5 nitrogen and oxygen atoms in total. The molecule has 2 atom stereocenters. The van der Waals surface area contributed by atoms with E-state index in [-0.39, 0.29) is 5.91 Å². The Balaban J connectivity index is 1.78. The van der Waals surface area contributed by atoms with Crippen LogP contribution in [0.3, 0.4) is 0 Å². The van der Waals surface area contributed by atoms with Gasteiger partial charge in [-0.3, -0.25) is 4.79 Å². The summed E-state index contributed by atoms with van der Waals surface area (Å²) >= 11 is 0. The average molecular weight is 313 g/mol. The van der Waals surface area contributed by atoms with Gasteiger partial charge in [-0.2, -0.15) is 0 Å². The lowest BCUT2D eigenvalue weighted by Gasteiger charge is -2.18. The molecule has 2 aromatic carbocycles. The third-order valence-electron chi connectivity index (χ3n) is 4.10. The number of nitrogens with one attached hydrogen (secondary N) is 1. The van der Waals surface area contributed by atoms with Gasteiger partial charge in [-0.05, 0) is 23.3 Å². The first-order valence-corrected chi connectivity index (χ1v) is 7.52. The Kier molecular flexibility index (Phi) is 4.05. The number of amides is 1. The molecule has 1 fully saturated rings. The van der Waals surface area contributed by atoms with Gasteiger partial charge in [0, 0.05) is 6.42 Å². The molecule has 2 aromatic rings. The van der Waals surface area contributed by atoms with E-state index in [1.165, 1.54) is 7.11 Å². The smallest absolute Gasteiger partial charge is 0.328 e. The molecule has 120 valence electrons. The second-order valence-corrected chi connectivity index (χ2v) is 5.95. The van der Waals surface area contributed by atoms with Crippen molar-refractivity contribution in [2.24, 2.45) is 0 Å². The molecule has 1 saturated heterocycles. The van der Waals surface area contributed by atoms with E-state index >= 15 is 0 Å². The van der Waals surface area contributed by atoms with Crippen LogP contribution in [0.5, 0.6) is 0 Å². The molecule has 0 saturated carbocycles. The maximum Gasteiger partial charge on any atom is 0.328 e. The van der Waals surface area contributed by atoms with E-state index in [2.05, 4.69) is 5.32 Å². The number of benzene rings is 2. The number of ether oxygens (including phenoxy) is 2. The van der Waals surface area contributed by atoms with Crippen molar-refractivity contribution in [2.75, 3.05) is 13.7 Å². The van der Waals surface area contributed by atoms with Gasteiger partial charge >= 0.3 is 5.97 Å². The second kappa shape index (κ2) is 6.01. The lowest BCUT2D eigenvalue weighted by atomic mass is 10.0. The van der Waals surface area contributed by atoms with Gasteiger partial charge in [0.25, 0.3) is 5.91 Å². The van der Waals surface area contributed by atoms with Gasteiger partial charge in [0.05, 0.1) is 13.7 Å².